The topological polar surface area (TPSA) is 22.3 Å². The van der Waals surface area contributed by atoms with Crippen molar-refractivity contribution < 1.29 is 0 Å². The van der Waals surface area contributed by atoms with Gasteiger partial charge in [0.2, 0.25) is 0 Å². The predicted molar refractivity (Wildman–Crippen MR) is 131 cm³/mol. The van der Waals surface area contributed by atoms with Gasteiger partial charge in [0.1, 0.15) is 0 Å². The van der Waals surface area contributed by atoms with Gasteiger partial charge >= 0.3 is 0 Å². The first kappa shape index (κ1) is 20.8. The largest absolute Gasteiger partial charge is 0.358 e. The number of para-hydroxylation sites is 1. The summed E-state index contributed by atoms with van der Waals surface area (Å²) in [6.07, 6.45) is 8.84. The molecule has 2 aromatic carbocycles. The first-order valence-electron chi connectivity index (χ1n) is 12.2. The maximum absolute atomic E-state index is 3.87. The number of H-pyrrole nitrogens is 1. The molecule has 1 N–H and O–H groups in total. The standard InChI is InChI=1S/C28H37N3/c1-30(2)28(23-10-4-3-5-11-23)17-14-22(15-18-28)27-25(16-21-31-19-8-9-20-31)24-12-6-7-13-26(24)29-27/h3-7,10-13,22,29H,8-9,14-21H2,1-2H3. The van der Waals surface area contributed by atoms with Crippen molar-refractivity contribution in [2.75, 3.05) is 33.7 Å². The summed E-state index contributed by atoms with van der Waals surface area (Å²) in [7, 11) is 4.52. The molecule has 164 valence electrons. The zero-order valence-electron chi connectivity index (χ0n) is 19.2. The van der Waals surface area contributed by atoms with Gasteiger partial charge in [-0.3, -0.25) is 4.90 Å². The molecule has 0 atom stereocenters. The van der Waals surface area contributed by atoms with E-state index in [1.807, 2.05) is 0 Å². The highest BCUT2D eigenvalue weighted by atomic mass is 15.1. The van der Waals surface area contributed by atoms with Gasteiger partial charge in [-0.25, -0.2) is 0 Å². The minimum atomic E-state index is 0.166. The zero-order valence-corrected chi connectivity index (χ0v) is 19.2. The minimum Gasteiger partial charge on any atom is -0.358 e. The summed E-state index contributed by atoms with van der Waals surface area (Å²) in [6, 6.07) is 20.1. The van der Waals surface area contributed by atoms with Crippen LogP contribution < -0.4 is 0 Å². The van der Waals surface area contributed by atoms with E-state index in [1.54, 1.807) is 5.56 Å². The lowest BCUT2D eigenvalue weighted by atomic mass is 9.70. The third kappa shape index (κ3) is 3.94. The van der Waals surface area contributed by atoms with Crippen molar-refractivity contribution in [3.63, 3.8) is 0 Å². The molecule has 0 radical (unpaired) electrons. The molecule has 2 aliphatic rings. The van der Waals surface area contributed by atoms with Crippen LogP contribution in [0.3, 0.4) is 0 Å². The summed E-state index contributed by atoms with van der Waals surface area (Å²) < 4.78 is 0. The number of likely N-dealkylation sites (tertiary alicyclic amines) is 1. The summed E-state index contributed by atoms with van der Waals surface area (Å²) in [5, 5.41) is 1.45. The number of fused-ring (bicyclic) bond motifs is 1. The maximum atomic E-state index is 3.87. The van der Waals surface area contributed by atoms with Gasteiger partial charge in [0.15, 0.2) is 0 Å². The molecule has 1 aromatic heterocycles. The van der Waals surface area contributed by atoms with E-state index in [2.05, 4.69) is 83.5 Å². The van der Waals surface area contributed by atoms with Gasteiger partial charge in [0, 0.05) is 28.7 Å². The van der Waals surface area contributed by atoms with E-state index in [0.29, 0.717) is 5.92 Å². The highest BCUT2D eigenvalue weighted by Crippen LogP contribution is 2.47. The second-order valence-electron chi connectivity index (χ2n) is 9.93. The van der Waals surface area contributed by atoms with Crippen LogP contribution in [0, 0.1) is 0 Å². The van der Waals surface area contributed by atoms with E-state index in [9.17, 15) is 0 Å². The molecule has 3 heteroatoms. The van der Waals surface area contributed by atoms with E-state index in [1.165, 1.54) is 86.7 Å². The van der Waals surface area contributed by atoms with Crippen molar-refractivity contribution in [3.8, 4) is 0 Å². The van der Waals surface area contributed by atoms with Crippen LogP contribution in [0.4, 0.5) is 0 Å². The van der Waals surface area contributed by atoms with E-state index < -0.39 is 0 Å². The molecule has 0 bridgehead atoms. The van der Waals surface area contributed by atoms with Gasteiger partial charge < -0.3 is 9.88 Å². The summed E-state index contributed by atoms with van der Waals surface area (Å²) >= 11 is 0. The monoisotopic (exact) mass is 415 g/mol. The van der Waals surface area contributed by atoms with Crippen LogP contribution in [0.5, 0.6) is 0 Å². The van der Waals surface area contributed by atoms with Gasteiger partial charge in [-0.05, 0) is 95.2 Å². The van der Waals surface area contributed by atoms with Crippen LogP contribution in [0.25, 0.3) is 10.9 Å². The van der Waals surface area contributed by atoms with Crippen LogP contribution in [-0.2, 0) is 12.0 Å². The molecule has 1 aliphatic carbocycles. The Bertz CT molecular complexity index is 990. The second kappa shape index (κ2) is 8.80. The molecule has 0 spiro atoms. The van der Waals surface area contributed by atoms with Gasteiger partial charge in [-0.2, -0.15) is 0 Å². The van der Waals surface area contributed by atoms with Crippen molar-refractivity contribution in [1.82, 2.24) is 14.8 Å². The number of nitrogens with zero attached hydrogens (tertiary/aromatic N) is 2. The van der Waals surface area contributed by atoms with Gasteiger partial charge in [-0.15, -0.1) is 0 Å². The van der Waals surface area contributed by atoms with Crippen molar-refractivity contribution in [1.29, 1.82) is 0 Å². The molecule has 1 aliphatic heterocycles. The fourth-order valence-corrected chi connectivity index (χ4v) is 6.24. The molecule has 5 rings (SSSR count). The molecule has 3 aromatic rings. The molecular weight excluding hydrogens is 378 g/mol. The first-order valence-corrected chi connectivity index (χ1v) is 12.2. The van der Waals surface area contributed by atoms with Crippen LogP contribution in [0.2, 0.25) is 0 Å². The third-order valence-corrected chi connectivity index (χ3v) is 8.11. The van der Waals surface area contributed by atoms with E-state index in [4.69, 9.17) is 0 Å². The number of aromatic nitrogens is 1. The number of hydrogen-bond donors (Lipinski definition) is 1. The normalized spacial score (nSPS) is 24.9. The quantitative estimate of drug-likeness (QED) is 0.540. The van der Waals surface area contributed by atoms with Gasteiger partial charge in [0.05, 0.1) is 0 Å². The molecule has 1 saturated heterocycles. The Balaban J connectivity index is 1.40. The summed E-state index contributed by atoms with van der Waals surface area (Å²) in [5.41, 5.74) is 6.08. The molecule has 1 saturated carbocycles. The second-order valence-corrected chi connectivity index (χ2v) is 9.93. The Morgan fingerprint density at radius 1 is 0.935 bits per heavy atom. The molecule has 2 heterocycles. The lowest BCUT2D eigenvalue weighted by Gasteiger charge is -2.45. The van der Waals surface area contributed by atoms with Crippen LogP contribution >= 0.6 is 0 Å². The molecule has 0 unspecified atom stereocenters. The molecular formula is C28H37N3. The number of hydrogen-bond acceptors (Lipinski definition) is 2. The van der Waals surface area contributed by atoms with Crippen molar-refractivity contribution >= 4 is 10.9 Å². The maximum Gasteiger partial charge on any atom is 0.0459 e. The summed E-state index contributed by atoms with van der Waals surface area (Å²) in [4.78, 5) is 9.00. The summed E-state index contributed by atoms with van der Waals surface area (Å²) in [5.74, 6) is 0.637. The lowest BCUT2D eigenvalue weighted by molar-refractivity contribution is 0.0903. The number of aromatic amines is 1. The molecule has 3 nitrogen and oxygen atoms in total. The molecule has 0 amide bonds. The fourth-order valence-electron chi connectivity index (χ4n) is 6.24. The highest BCUT2D eigenvalue weighted by molar-refractivity contribution is 5.85. The van der Waals surface area contributed by atoms with Crippen molar-refractivity contribution in [2.45, 2.75) is 56.4 Å². The zero-order chi connectivity index (χ0) is 21.3. The Hall–Kier alpha value is -2.10. The van der Waals surface area contributed by atoms with Crippen molar-refractivity contribution in [3.05, 3.63) is 71.4 Å². The van der Waals surface area contributed by atoms with Crippen LogP contribution in [-0.4, -0.2) is 48.5 Å². The lowest BCUT2D eigenvalue weighted by Crippen LogP contribution is -2.44. The predicted octanol–water partition coefficient (Wildman–Crippen LogP) is 5.92. The Morgan fingerprint density at radius 3 is 2.32 bits per heavy atom. The van der Waals surface area contributed by atoms with E-state index >= 15 is 0 Å². The van der Waals surface area contributed by atoms with Crippen molar-refractivity contribution in [2.24, 2.45) is 0 Å². The molecule has 2 fully saturated rings. The number of benzene rings is 2. The fraction of sp³-hybridized carbons (Fsp3) is 0.500. The average Bonchev–Trinajstić information content (AvgIpc) is 3.46. The first-order chi connectivity index (χ1) is 15.2. The van der Waals surface area contributed by atoms with Crippen LogP contribution in [0.15, 0.2) is 54.6 Å². The minimum absolute atomic E-state index is 0.166. The third-order valence-electron chi connectivity index (χ3n) is 8.11. The van der Waals surface area contributed by atoms with E-state index in [-0.39, 0.29) is 5.54 Å². The molecule has 31 heavy (non-hydrogen) atoms. The average molecular weight is 416 g/mol. The highest BCUT2D eigenvalue weighted by Gasteiger charge is 2.39. The van der Waals surface area contributed by atoms with E-state index in [0.717, 1.165) is 0 Å². The Morgan fingerprint density at radius 2 is 1.61 bits per heavy atom. The Labute approximate surface area is 187 Å². The van der Waals surface area contributed by atoms with Gasteiger partial charge in [-0.1, -0.05) is 48.5 Å². The van der Waals surface area contributed by atoms with Crippen LogP contribution in [0.1, 0.15) is 61.3 Å². The smallest absolute Gasteiger partial charge is 0.0459 e. The summed E-state index contributed by atoms with van der Waals surface area (Å²) in [6.45, 7) is 3.76. The SMILES string of the molecule is CN(C)C1(c2ccccc2)CCC(c2[nH]c3ccccc3c2CCN2CCCC2)CC1. The number of rotatable bonds is 6. The Kier molecular flexibility index (Phi) is 5.90. The van der Waals surface area contributed by atoms with Gasteiger partial charge in [0.25, 0.3) is 0 Å². The number of nitrogens with one attached hydrogen (secondary N) is 1.